The van der Waals surface area contributed by atoms with Crippen molar-refractivity contribution in [3.05, 3.63) is 34.9 Å². The number of carbonyl (C=O) groups is 1. The van der Waals surface area contributed by atoms with E-state index >= 15 is 0 Å². The molecule has 1 amide bonds. The van der Waals surface area contributed by atoms with Gasteiger partial charge in [0.2, 0.25) is 5.91 Å². The van der Waals surface area contributed by atoms with Crippen LogP contribution in [0.5, 0.6) is 0 Å². The van der Waals surface area contributed by atoms with Crippen molar-refractivity contribution in [3.63, 3.8) is 0 Å². The van der Waals surface area contributed by atoms with Crippen molar-refractivity contribution in [1.82, 2.24) is 0 Å². The van der Waals surface area contributed by atoms with Gasteiger partial charge in [0, 0.05) is 6.42 Å². The second-order valence-corrected chi connectivity index (χ2v) is 4.65. The van der Waals surface area contributed by atoms with Gasteiger partial charge in [-0.2, -0.15) is 0 Å². The number of fused-ring (bicyclic) bond motifs is 1. The summed E-state index contributed by atoms with van der Waals surface area (Å²) in [5.74, 6) is 0.174. The number of amides is 1. The largest absolute Gasteiger partial charge is 0.370 e. The lowest BCUT2D eigenvalue weighted by Crippen LogP contribution is -2.19. The Labute approximate surface area is 96.8 Å². The van der Waals surface area contributed by atoms with E-state index in [0.29, 0.717) is 12.3 Å². The van der Waals surface area contributed by atoms with E-state index in [1.165, 1.54) is 23.1 Å². The van der Waals surface area contributed by atoms with Crippen molar-refractivity contribution < 1.29 is 4.79 Å². The predicted octanol–water partition coefficient (Wildman–Crippen LogP) is 2.54. The van der Waals surface area contributed by atoms with Gasteiger partial charge in [0.25, 0.3) is 0 Å². The highest BCUT2D eigenvalue weighted by Crippen LogP contribution is 2.34. The first kappa shape index (κ1) is 11.2. The lowest BCUT2D eigenvalue weighted by molar-refractivity contribution is -0.118. The molecule has 1 aromatic rings. The minimum Gasteiger partial charge on any atom is -0.370 e. The molecule has 2 heteroatoms. The minimum absolute atomic E-state index is 0.181. The molecule has 0 aromatic heterocycles. The monoisotopic (exact) mass is 217 g/mol. The smallest absolute Gasteiger partial charge is 0.218 e. The summed E-state index contributed by atoms with van der Waals surface area (Å²) in [6.07, 6.45) is 4.98. The molecule has 1 aliphatic rings. The fourth-order valence-corrected chi connectivity index (χ4v) is 2.62. The summed E-state index contributed by atoms with van der Waals surface area (Å²) in [5.41, 5.74) is 9.45. The Balaban J connectivity index is 2.31. The lowest BCUT2D eigenvalue weighted by atomic mass is 9.80. The number of aryl methyl sites for hydroxylation is 2. The summed E-state index contributed by atoms with van der Waals surface area (Å²) in [6.45, 7) is 2.16. The van der Waals surface area contributed by atoms with Crippen LogP contribution in [0.1, 0.15) is 48.8 Å². The zero-order chi connectivity index (χ0) is 11.5. The van der Waals surface area contributed by atoms with Crippen molar-refractivity contribution in [2.75, 3.05) is 0 Å². The summed E-state index contributed by atoms with van der Waals surface area (Å²) < 4.78 is 0. The van der Waals surface area contributed by atoms with Crippen LogP contribution in [0.3, 0.4) is 0 Å². The maximum absolute atomic E-state index is 11.1. The summed E-state index contributed by atoms with van der Waals surface area (Å²) in [6, 6.07) is 6.69. The molecule has 0 heterocycles. The molecule has 2 nitrogen and oxygen atoms in total. The van der Waals surface area contributed by atoms with Crippen molar-refractivity contribution >= 4 is 5.91 Å². The van der Waals surface area contributed by atoms with E-state index in [-0.39, 0.29) is 5.91 Å². The molecule has 0 aliphatic heterocycles. The standard InChI is InChI=1S/C14H19NO/c1-2-10-6-7-11-4-3-5-12(9-14(15)16)13(11)8-10/h6-8,12H,2-5,9H2,1H3,(H2,15,16). The molecule has 0 saturated heterocycles. The third kappa shape index (κ3) is 2.26. The quantitative estimate of drug-likeness (QED) is 0.830. The van der Waals surface area contributed by atoms with Gasteiger partial charge in [0.15, 0.2) is 0 Å². The van der Waals surface area contributed by atoms with Crippen LogP contribution >= 0.6 is 0 Å². The molecule has 0 spiro atoms. The fraction of sp³-hybridized carbons (Fsp3) is 0.500. The second-order valence-electron chi connectivity index (χ2n) is 4.65. The Bertz CT molecular complexity index is 398. The van der Waals surface area contributed by atoms with Crippen molar-refractivity contribution in [3.8, 4) is 0 Å². The van der Waals surface area contributed by atoms with Gasteiger partial charge in [-0.25, -0.2) is 0 Å². The number of hydrogen-bond acceptors (Lipinski definition) is 1. The molecule has 86 valence electrons. The van der Waals surface area contributed by atoms with E-state index in [4.69, 9.17) is 5.73 Å². The minimum atomic E-state index is -0.181. The summed E-state index contributed by atoms with van der Waals surface area (Å²) in [5, 5.41) is 0. The van der Waals surface area contributed by atoms with Crippen LogP contribution in [-0.4, -0.2) is 5.91 Å². The van der Waals surface area contributed by atoms with Gasteiger partial charge in [-0.1, -0.05) is 25.1 Å². The number of rotatable bonds is 3. The van der Waals surface area contributed by atoms with Crippen molar-refractivity contribution in [2.24, 2.45) is 5.73 Å². The van der Waals surface area contributed by atoms with E-state index in [1.807, 2.05) is 0 Å². The second kappa shape index (κ2) is 4.69. The van der Waals surface area contributed by atoms with E-state index in [0.717, 1.165) is 19.3 Å². The van der Waals surface area contributed by atoms with E-state index in [1.54, 1.807) is 0 Å². The number of hydrogen-bond donors (Lipinski definition) is 1. The topological polar surface area (TPSA) is 43.1 Å². The molecule has 1 unspecified atom stereocenters. The number of benzene rings is 1. The normalized spacial score (nSPS) is 19.2. The molecule has 2 rings (SSSR count). The van der Waals surface area contributed by atoms with E-state index in [2.05, 4.69) is 25.1 Å². The predicted molar refractivity (Wildman–Crippen MR) is 65.3 cm³/mol. The first-order valence-corrected chi connectivity index (χ1v) is 6.10. The van der Waals surface area contributed by atoms with Crippen molar-refractivity contribution in [1.29, 1.82) is 0 Å². The molecule has 1 aromatic carbocycles. The zero-order valence-corrected chi connectivity index (χ0v) is 9.83. The Morgan fingerprint density at radius 3 is 3.00 bits per heavy atom. The number of nitrogens with two attached hydrogens (primary N) is 1. The molecular weight excluding hydrogens is 198 g/mol. The van der Waals surface area contributed by atoms with Crippen LogP contribution in [0.2, 0.25) is 0 Å². The van der Waals surface area contributed by atoms with Gasteiger partial charge in [0.1, 0.15) is 0 Å². The van der Waals surface area contributed by atoms with Crippen LogP contribution in [0.25, 0.3) is 0 Å². The highest BCUT2D eigenvalue weighted by Gasteiger charge is 2.21. The van der Waals surface area contributed by atoms with Gasteiger partial charge >= 0.3 is 0 Å². The van der Waals surface area contributed by atoms with Crippen LogP contribution in [-0.2, 0) is 17.6 Å². The zero-order valence-electron chi connectivity index (χ0n) is 9.83. The molecule has 0 bridgehead atoms. The number of primary amides is 1. The van der Waals surface area contributed by atoms with Gasteiger partial charge in [-0.3, -0.25) is 4.79 Å². The first-order valence-electron chi connectivity index (χ1n) is 6.10. The summed E-state index contributed by atoms with van der Waals surface area (Å²) in [7, 11) is 0. The molecule has 0 fully saturated rings. The van der Waals surface area contributed by atoms with E-state index < -0.39 is 0 Å². The molecule has 0 radical (unpaired) electrons. The fourth-order valence-electron chi connectivity index (χ4n) is 2.62. The first-order chi connectivity index (χ1) is 7.70. The Morgan fingerprint density at radius 2 is 2.31 bits per heavy atom. The molecule has 2 N–H and O–H groups in total. The molecule has 16 heavy (non-hydrogen) atoms. The maximum Gasteiger partial charge on any atom is 0.218 e. The third-order valence-corrected chi connectivity index (χ3v) is 3.50. The van der Waals surface area contributed by atoms with Gasteiger partial charge < -0.3 is 5.73 Å². The van der Waals surface area contributed by atoms with Crippen LogP contribution in [0.4, 0.5) is 0 Å². The maximum atomic E-state index is 11.1. The summed E-state index contributed by atoms with van der Waals surface area (Å²) in [4.78, 5) is 11.1. The number of carbonyl (C=O) groups excluding carboxylic acids is 1. The molecular formula is C14H19NO. The van der Waals surface area contributed by atoms with E-state index in [9.17, 15) is 4.79 Å². The highest BCUT2D eigenvalue weighted by atomic mass is 16.1. The van der Waals surface area contributed by atoms with Crippen LogP contribution in [0.15, 0.2) is 18.2 Å². The van der Waals surface area contributed by atoms with Gasteiger partial charge in [0.05, 0.1) is 0 Å². The summed E-state index contributed by atoms with van der Waals surface area (Å²) >= 11 is 0. The Kier molecular flexibility index (Phi) is 3.28. The lowest BCUT2D eigenvalue weighted by Gasteiger charge is -2.25. The average Bonchev–Trinajstić information content (AvgIpc) is 2.28. The Morgan fingerprint density at radius 1 is 1.50 bits per heavy atom. The molecule has 1 atom stereocenters. The van der Waals surface area contributed by atoms with Gasteiger partial charge in [-0.05, 0) is 48.3 Å². The average molecular weight is 217 g/mol. The van der Waals surface area contributed by atoms with Crippen LogP contribution in [0, 0.1) is 0 Å². The van der Waals surface area contributed by atoms with Gasteiger partial charge in [-0.15, -0.1) is 0 Å². The SMILES string of the molecule is CCc1ccc2c(c1)C(CC(N)=O)CCC2. The van der Waals surface area contributed by atoms with Crippen molar-refractivity contribution in [2.45, 2.75) is 44.9 Å². The molecule has 0 saturated carbocycles. The third-order valence-electron chi connectivity index (χ3n) is 3.50. The highest BCUT2D eigenvalue weighted by molar-refractivity contribution is 5.75. The molecule has 1 aliphatic carbocycles. The van der Waals surface area contributed by atoms with Crippen LogP contribution < -0.4 is 5.73 Å². The Hall–Kier alpha value is -1.31.